The third-order valence-corrected chi connectivity index (χ3v) is 2.98. The van der Waals surface area contributed by atoms with Crippen molar-refractivity contribution in [2.24, 2.45) is 5.84 Å². The highest BCUT2D eigenvalue weighted by Gasteiger charge is 2.11. The van der Waals surface area contributed by atoms with Gasteiger partial charge in [0.25, 0.3) is 5.91 Å². The highest BCUT2D eigenvalue weighted by Crippen LogP contribution is 2.17. The quantitative estimate of drug-likeness (QED) is 0.367. The van der Waals surface area contributed by atoms with Gasteiger partial charge in [-0.3, -0.25) is 15.1 Å². The molecule has 0 radical (unpaired) electrons. The van der Waals surface area contributed by atoms with Gasteiger partial charge in [-0.25, -0.2) is 5.84 Å². The molecule has 0 aromatic heterocycles. The van der Waals surface area contributed by atoms with Crippen molar-refractivity contribution in [3.63, 3.8) is 0 Å². The summed E-state index contributed by atoms with van der Waals surface area (Å²) in [7, 11) is 1.91. The van der Waals surface area contributed by atoms with Gasteiger partial charge in [-0.15, -0.1) is 0 Å². The number of carbonyl (C=O) groups is 1. The van der Waals surface area contributed by atoms with E-state index in [1.165, 1.54) is 0 Å². The number of rotatable bonds is 7. The lowest BCUT2D eigenvalue weighted by molar-refractivity contribution is 0.0948. The van der Waals surface area contributed by atoms with Gasteiger partial charge in [-0.2, -0.15) is 0 Å². The molecule has 19 heavy (non-hydrogen) atoms. The minimum atomic E-state index is -0.382. The van der Waals surface area contributed by atoms with Crippen LogP contribution in [0.25, 0.3) is 0 Å². The third kappa shape index (κ3) is 4.51. The number of aliphatic hydroxyl groups is 1. The van der Waals surface area contributed by atoms with Gasteiger partial charge >= 0.3 is 0 Å². The van der Waals surface area contributed by atoms with Crippen LogP contribution in [0.15, 0.2) is 24.3 Å². The number of nitrogens with two attached hydrogens (primary N) is 1. The first-order valence-corrected chi connectivity index (χ1v) is 6.14. The van der Waals surface area contributed by atoms with Crippen molar-refractivity contribution in [2.75, 3.05) is 26.8 Å². The zero-order chi connectivity index (χ0) is 14.3. The Morgan fingerprint density at radius 2 is 2.21 bits per heavy atom. The van der Waals surface area contributed by atoms with Gasteiger partial charge in [-0.05, 0) is 26.1 Å². The molecule has 0 saturated carbocycles. The smallest absolute Gasteiger partial charge is 0.268 e. The van der Waals surface area contributed by atoms with E-state index in [2.05, 4.69) is 5.43 Å². The van der Waals surface area contributed by atoms with Crippen LogP contribution in [-0.2, 0) is 0 Å². The average molecular weight is 267 g/mol. The Balaban J connectivity index is 2.56. The van der Waals surface area contributed by atoms with Crippen LogP contribution < -0.4 is 16.0 Å². The van der Waals surface area contributed by atoms with Gasteiger partial charge < -0.3 is 9.84 Å². The maximum Gasteiger partial charge on any atom is 0.268 e. The molecule has 1 aromatic rings. The second-order valence-electron chi connectivity index (χ2n) is 4.33. The van der Waals surface area contributed by atoms with Crippen LogP contribution in [0.4, 0.5) is 0 Å². The van der Waals surface area contributed by atoms with E-state index in [0.29, 0.717) is 24.5 Å². The van der Waals surface area contributed by atoms with Crippen LogP contribution in [0.1, 0.15) is 17.3 Å². The molecule has 1 aromatic carbocycles. The zero-order valence-electron chi connectivity index (χ0n) is 11.3. The summed E-state index contributed by atoms with van der Waals surface area (Å²) < 4.78 is 5.59. The number of benzene rings is 1. The highest BCUT2D eigenvalue weighted by atomic mass is 16.5. The SMILES string of the molecule is CC(CO)N(C)CCOc1ccccc1C(=O)NN. The summed E-state index contributed by atoms with van der Waals surface area (Å²) in [5, 5.41) is 9.02. The standard InChI is InChI=1S/C13H21N3O3/c1-10(9-17)16(2)7-8-19-12-6-4-3-5-11(12)13(18)15-14/h3-6,10,17H,7-9,14H2,1-2H3,(H,15,18). The predicted molar refractivity (Wildman–Crippen MR) is 72.8 cm³/mol. The Labute approximate surface area is 113 Å². The largest absolute Gasteiger partial charge is 0.491 e. The number of nitrogens with one attached hydrogen (secondary N) is 1. The van der Waals surface area contributed by atoms with Crippen molar-refractivity contribution < 1.29 is 14.6 Å². The number of nitrogens with zero attached hydrogens (tertiary/aromatic N) is 1. The average Bonchev–Trinajstić information content (AvgIpc) is 2.45. The molecular formula is C13H21N3O3. The molecule has 4 N–H and O–H groups in total. The normalized spacial score (nSPS) is 12.3. The van der Waals surface area contributed by atoms with Crippen LogP contribution in [0.3, 0.4) is 0 Å². The zero-order valence-corrected chi connectivity index (χ0v) is 11.3. The molecule has 0 spiro atoms. The van der Waals surface area contributed by atoms with Gasteiger partial charge in [0.1, 0.15) is 12.4 Å². The molecule has 0 aliphatic heterocycles. The summed E-state index contributed by atoms with van der Waals surface area (Å²) in [6, 6.07) is 6.99. The fraction of sp³-hybridized carbons (Fsp3) is 0.462. The Bertz CT molecular complexity index is 412. The molecular weight excluding hydrogens is 246 g/mol. The van der Waals surface area contributed by atoms with Crippen molar-refractivity contribution >= 4 is 5.91 Å². The van der Waals surface area contributed by atoms with Gasteiger partial charge in [-0.1, -0.05) is 12.1 Å². The second kappa shape index (κ2) is 7.73. The molecule has 0 aliphatic carbocycles. The maximum atomic E-state index is 11.5. The minimum absolute atomic E-state index is 0.0752. The van der Waals surface area contributed by atoms with Crippen molar-refractivity contribution in [3.05, 3.63) is 29.8 Å². The summed E-state index contributed by atoms with van der Waals surface area (Å²) in [4.78, 5) is 13.5. The van der Waals surface area contributed by atoms with E-state index in [4.69, 9.17) is 15.7 Å². The van der Waals surface area contributed by atoms with E-state index < -0.39 is 0 Å². The topological polar surface area (TPSA) is 87.8 Å². The molecule has 1 atom stereocenters. The van der Waals surface area contributed by atoms with Crippen molar-refractivity contribution in [2.45, 2.75) is 13.0 Å². The Morgan fingerprint density at radius 3 is 2.84 bits per heavy atom. The van der Waals surface area contributed by atoms with Crippen molar-refractivity contribution in [3.8, 4) is 5.75 Å². The number of carbonyl (C=O) groups excluding carboxylic acids is 1. The maximum absolute atomic E-state index is 11.5. The predicted octanol–water partition coefficient (Wildman–Crippen LogP) is -0.0185. The molecule has 0 saturated heterocycles. The summed E-state index contributed by atoms with van der Waals surface area (Å²) in [5.74, 6) is 5.23. The second-order valence-corrected chi connectivity index (χ2v) is 4.33. The number of nitrogen functional groups attached to an aromatic ring is 1. The lowest BCUT2D eigenvalue weighted by atomic mass is 10.2. The molecule has 6 nitrogen and oxygen atoms in total. The molecule has 0 fully saturated rings. The fourth-order valence-electron chi connectivity index (χ4n) is 1.52. The Morgan fingerprint density at radius 1 is 1.53 bits per heavy atom. The molecule has 0 aliphatic rings. The van der Waals surface area contributed by atoms with Crippen molar-refractivity contribution in [1.82, 2.24) is 10.3 Å². The Kier molecular flexibility index (Phi) is 6.27. The van der Waals surface area contributed by atoms with Crippen LogP contribution in [0.5, 0.6) is 5.75 Å². The third-order valence-electron chi connectivity index (χ3n) is 2.98. The number of ether oxygens (including phenoxy) is 1. The first kappa shape index (κ1) is 15.4. The number of para-hydroxylation sites is 1. The van der Waals surface area contributed by atoms with E-state index in [1.54, 1.807) is 24.3 Å². The minimum Gasteiger partial charge on any atom is -0.491 e. The number of hydrogen-bond donors (Lipinski definition) is 3. The molecule has 0 bridgehead atoms. The molecule has 1 amide bonds. The van der Waals surface area contributed by atoms with Crippen LogP contribution in [0, 0.1) is 0 Å². The van der Waals surface area contributed by atoms with Gasteiger partial charge in [0.2, 0.25) is 0 Å². The van der Waals surface area contributed by atoms with E-state index in [1.807, 2.05) is 18.9 Å². The lowest BCUT2D eigenvalue weighted by Crippen LogP contribution is -2.35. The molecule has 6 heteroatoms. The van der Waals surface area contributed by atoms with Crippen LogP contribution in [-0.4, -0.2) is 48.8 Å². The number of hydrazine groups is 1. The fourth-order valence-corrected chi connectivity index (χ4v) is 1.52. The highest BCUT2D eigenvalue weighted by molar-refractivity contribution is 5.96. The Hall–Kier alpha value is -1.63. The summed E-state index contributed by atoms with van der Waals surface area (Å²) >= 11 is 0. The van der Waals surface area contributed by atoms with E-state index in [-0.39, 0.29) is 18.6 Å². The van der Waals surface area contributed by atoms with Gasteiger partial charge in [0.15, 0.2) is 0 Å². The van der Waals surface area contributed by atoms with Gasteiger partial charge in [0.05, 0.1) is 12.2 Å². The van der Waals surface area contributed by atoms with E-state index in [0.717, 1.165) is 0 Å². The summed E-state index contributed by atoms with van der Waals surface area (Å²) in [6.45, 7) is 3.11. The first-order chi connectivity index (χ1) is 9.10. The van der Waals surface area contributed by atoms with Gasteiger partial charge in [0, 0.05) is 12.6 Å². The first-order valence-electron chi connectivity index (χ1n) is 6.14. The summed E-state index contributed by atoms with van der Waals surface area (Å²) in [6.07, 6.45) is 0. The molecule has 0 heterocycles. The molecule has 1 rings (SSSR count). The van der Waals surface area contributed by atoms with Crippen molar-refractivity contribution in [1.29, 1.82) is 0 Å². The lowest BCUT2D eigenvalue weighted by Gasteiger charge is -2.22. The van der Waals surface area contributed by atoms with E-state index in [9.17, 15) is 4.79 Å². The summed E-state index contributed by atoms with van der Waals surface area (Å²) in [5.41, 5.74) is 2.49. The number of hydrogen-bond acceptors (Lipinski definition) is 5. The monoisotopic (exact) mass is 267 g/mol. The molecule has 1 unspecified atom stereocenters. The van der Waals surface area contributed by atoms with Crippen LogP contribution >= 0.6 is 0 Å². The number of amides is 1. The molecule has 106 valence electrons. The number of likely N-dealkylation sites (N-methyl/N-ethyl adjacent to an activating group) is 1. The van der Waals surface area contributed by atoms with E-state index >= 15 is 0 Å². The van der Waals surface area contributed by atoms with Crippen LogP contribution in [0.2, 0.25) is 0 Å². The number of aliphatic hydroxyl groups excluding tert-OH is 1.